The predicted octanol–water partition coefficient (Wildman–Crippen LogP) is 3.27. The molecule has 21 heavy (non-hydrogen) atoms. The summed E-state index contributed by atoms with van der Waals surface area (Å²) in [5, 5.41) is 0. The third kappa shape index (κ3) is 5.76. The van der Waals surface area contributed by atoms with Crippen molar-refractivity contribution in [3.8, 4) is 23.3 Å². The van der Waals surface area contributed by atoms with Crippen molar-refractivity contribution in [3.63, 3.8) is 0 Å². The molecule has 0 atom stereocenters. The van der Waals surface area contributed by atoms with E-state index in [4.69, 9.17) is 9.47 Å². The number of benzene rings is 1. The Balaban J connectivity index is 2.85. The van der Waals surface area contributed by atoms with E-state index in [1.54, 1.807) is 14.2 Å². The molecule has 0 spiro atoms. The third-order valence-electron chi connectivity index (χ3n) is 2.88. The van der Waals surface area contributed by atoms with Crippen LogP contribution >= 0.6 is 0 Å². The number of ether oxygens (including phenoxy) is 2. The molecule has 1 aromatic rings. The van der Waals surface area contributed by atoms with Crippen molar-refractivity contribution in [3.05, 3.63) is 48.6 Å². The van der Waals surface area contributed by atoms with Crippen LogP contribution in [-0.4, -0.2) is 32.2 Å². The lowest BCUT2D eigenvalue weighted by atomic mass is 10.1. The van der Waals surface area contributed by atoms with Gasteiger partial charge in [0, 0.05) is 24.7 Å². The van der Waals surface area contributed by atoms with Gasteiger partial charge in [-0.25, -0.2) is 0 Å². The normalized spacial score (nSPS) is 9.71. The molecule has 0 N–H and O–H groups in total. The molecular weight excluding hydrogens is 262 g/mol. The topological polar surface area (TPSA) is 21.7 Å². The van der Waals surface area contributed by atoms with E-state index in [-0.39, 0.29) is 0 Å². The summed E-state index contributed by atoms with van der Waals surface area (Å²) in [4.78, 5) is 2.19. The van der Waals surface area contributed by atoms with Crippen molar-refractivity contribution in [2.24, 2.45) is 0 Å². The highest BCUT2D eigenvalue weighted by Crippen LogP contribution is 2.25. The Kier molecular flexibility index (Phi) is 7.14. The summed E-state index contributed by atoms with van der Waals surface area (Å²) >= 11 is 0. The molecule has 0 unspecified atom stereocenters. The zero-order valence-electron chi connectivity index (χ0n) is 13.1. The summed E-state index contributed by atoms with van der Waals surface area (Å²) in [6.45, 7) is 11.6. The van der Waals surface area contributed by atoms with Crippen LogP contribution in [0.5, 0.6) is 11.5 Å². The lowest BCUT2D eigenvalue weighted by molar-refractivity contribution is 0.320. The minimum atomic E-state index is 0.661. The zero-order chi connectivity index (χ0) is 15.7. The van der Waals surface area contributed by atoms with E-state index in [0.29, 0.717) is 6.54 Å². The van der Waals surface area contributed by atoms with Crippen LogP contribution in [0.25, 0.3) is 0 Å². The van der Waals surface area contributed by atoms with Gasteiger partial charge in [0.05, 0.1) is 20.8 Å². The number of hydrogen-bond donors (Lipinski definition) is 0. The van der Waals surface area contributed by atoms with Crippen LogP contribution in [0.1, 0.15) is 12.5 Å². The van der Waals surface area contributed by atoms with E-state index in [9.17, 15) is 0 Å². The lowest BCUT2D eigenvalue weighted by Gasteiger charge is -2.19. The maximum absolute atomic E-state index is 5.43. The quantitative estimate of drug-likeness (QED) is 0.567. The molecule has 3 nitrogen and oxygen atoms in total. The second-order valence-electron chi connectivity index (χ2n) is 4.72. The highest BCUT2D eigenvalue weighted by atomic mass is 16.5. The van der Waals surface area contributed by atoms with Crippen molar-refractivity contribution in [2.75, 3.05) is 27.3 Å². The van der Waals surface area contributed by atoms with Crippen molar-refractivity contribution in [2.45, 2.75) is 13.5 Å². The molecule has 0 saturated carbocycles. The van der Waals surface area contributed by atoms with E-state index in [0.717, 1.165) is 35.7 Å². The molecule has 0 amide bonds. The average molecular weight is 285 g/mol. The van der Waals surface area contributed by atoms with Crippen molar-refractivity contribution >= 4 is 0 Å². The maximum Gasteiger partial charge on any atom is 0.127 e. The molecule has 0 aromatic heterocycles. The third-order valence-corrected chi connectivity index (χ3v) is 2.88. The molecular formula is C18H23NO2. The Morgan fingerprint density at radius 1 is 1.33 bits per heavy atom. The van der Waals surface area contributed by atoms with Gasteiger partial charge in [0.1, 0.15) is 11.5 Å². The minimum absolute atomic E-state index is 0.661. The first-order valence-corrected chi connectivity index (χ1v) is 6.79. The SMILES string of the molecule is C=CCN(CC#CC(=C)C)Cc1ccc(OC)cc1OC. The lowest BCUT2D eigenvalue weighted by Crippen LogP contribution is -2.24. The fourth-order valence-corrected chi connectivity index (χ4v) is 1.89. The average Bonchev–Trinajstić information content (AvgIpc) is 2.47. The van der Waals surface area contributed by atoms with Crippen LogP contribution in [0.4, 0.5) is 0 Å². The van der Waals surface area contributed by atoms with Gasteiger partial charge in [-0.2, -0.15) is 0 Å². The number of nitrogens with zero attached hydrogens (tertiary/aromatic N) is 1. The molecule has 0 radical (unpaired) electrons. The monoisotopic (exact) mass is 285 g/mol. The van der Waals surface area contributed by atoms with Gasteiger partial charge in [-0.05, 0) is 18.6 Å². The summed E-state index contributed by atoms with van der Waals surface area (Å²) in [5.74, 6) is 7.71. The molecule has 1 rings (SSSR count). The number of rotatable bonds is 7. The molecule has 0 heterocycles. The van der Waals surface area contributed by atoms with Gasteiger partial charge in [-0.1, -0.05) is 30.6 Å². The van der Waals surface area contributed by atoms with Crippen LogP contribution in [0.3, 0.4) is 0 Å². The van der Waals surface area contributed by atoms with E-state index in [1.165, 1.54) is 0 Å². The summed E-state index contributed by atoms with van der Waals surface area (Å²) in [6.07, 6.45) is 1.87. The smallest absolute Gasteiger partial charge is 0.127 e. The highest BCUT2D eigenvalue weighted by molar-refractivity contribution is 5.40. The first-order chi connectivity index (χ1) is 10.1. The Hall–Kier alpha value is -2.18. The summed E-state index contributed by atoms with van der Waals surface area (Å²) in [7, 11) is 3.31. The second-order valence-corrected chi connectivity index (χ2v) is 4.72. The fourth-order valence-electron chi connectivity index (χ4n) is 1.89. The first kappa shape index (κ1) is 16.9. The number of methoxy groups -OCH3 is 2. The van der Waals surface area contributed by atoms with Crippen molar-refractivity contribution in [1.29, 1.82) is 0 Å². The number of hydrogen-bond acceptors (Lipinski definition) is 3. The van der Waals surface area contributed by atoms with E-state index >= 15 is 0 Å². The van der Waals surface area contributed by atoms with Crippen LogP contribution in [0.15, 0.2) is 43.0 Å². The highest BCUT2D eigenvalue weighted by Gasteiger charge is 2.09. The Labute approximate surface area is 127 Å². The van der Waals surface area contributed by atoms with E-state index in [1.807, 2.05) is 31.2 Å². The Morgan fingerprint density at radius 2 is 2.10 bits per heavy atom. The van der Waals surface area contributed by atoms with E-state index in [2.05, 4.69) is 29.9 Å². The van der Waals surface area contributed by atoms with Gasteiger partial charge >= 0.3 is 0 Å². The molecule has 0 fully saturated rings. The number of allylic oxidation sites excluding steroid dienone is 1. The molecule has 0 aliphatic carbocycles. The molecule has 0 aliphatic rings. The van der Waals surface area contributed by atoms with Crippen LogP contribution in [0.2, 0.25) is 0 Å². The second kappa shape index (κ2) is 8.89. The van der Waals surface area contributed by atoms with Crippen molar-refractivity contribution < 1.29 is 9.47 Å². The molecule has 0 bridgehead atoms. The maximum atomic E-state index is 5.43. The molecule has 3 heteroatoms. The predicted molar refractivity (Wildman–Crippen MR) is 87.6 cm³/mol. The fraction of sp³-hybridized carbons (Fsp3) is 0.333. The van der Waals surface area contributed by atoms with Gasteiger partial charge in [-0.15, -0.1) is 6.58 Å². The van der Waals surface area contributed by atoms with Crippen LogP contribution in [-0.2, 0) is 6.54 Å². The summed E-state index contributed by atoms with van der Waals surface area (Å²) in [5.41, 5.74) is 1.97. The van der Waals surface area contributed by atoms with Crippen molar-refractivity contribution in [1.82, 2.24) is 4.90 Å². The van der Waals surface area contributed by atoms with E-state index < -0.39 is 0 Å². The standard InChI is InChI=1S/C18H23NO2/c1-6-11-19(12-7-8-15(2)3)14-16-9-10-17(20-4)13-18(16)21-5/h6,9-10,13H,1-2,11-12,14H2,3-5H3. The Morgan fingerprint density at radius 3 is 2.67 bits per heavy atom. The summed E-state index contributed by atoms with van der Waals surface area (Å²) in [6, 6.07) is 5.84. The zero-order valence-corrected chi connectivity index (χ0v) is 13.1. The first-order valence-electron chi connectivity index (χ1n) is 6.79. The van der Waals surface area contributed by atoms with Gasteiger partial charge in [0.2, 0.25) is 0 Å². The molecule has 0 saturated heterocycles. The summed E-state index contributed by atoms with van der Waals surface area (Å²) < 4.78 is 10.6. The largest absolute Gasteiger partial charge is 0.497 e. The molecule has 0 aliphatic heterocycles. The van der Waals surface area contributed by atoms with Crippen LogP contribution < -0.4 is 9.47 Å². The van der Waals surface area contributed by atoms with Crippen LogP contribution in [0, 0.1) is 11.8 Å². The van der Waals surface area contributed by atoms with Gasteiger partial charge in [0.15, 0.2) is 0 Å². The van der Waals surface area contributed by atoms with Gasteiger partial charge in [0.25, 0.3) is 0 Å². The van der Waals surface area contributed by atoms with Gasteiger partial charge in [-0.3, -0.25) is 4.90 Å². The Bertz CT molecular complexity index is 552. The molecule has 1 aromatic carbocycles. The molecule has 112 valence electrons. The van der Waals surface area contributed by atoms with Gasteiger partial charge < -0.3 is 9.47 Å². The minimum Gasteiger partial charge on any atom is -0.497 e.